The molecule has 120 valence electrons. The number of amides is 1. The third-order valence-corrected chi connectivity index (χ3v) is 4.53. The number of halogens is 1. The molecule has 3 rings (SSSR count). The second-order valence-corrected chi connectivity index (χ2v) is 6.28. The van der Waals surface area contributed by atoms with Gasteiger partial charge in [0.1, 0.15) is 5.75 Å². The molecule has 0 unspecified atom stereocenters. The SMILES string of the molecule is COc1ccc(Cl)cc1CC(=O)N[C@H]1CCCc2ccccc21. The van der Waals surface area contributed by atoms with E-state index in [0.717, 1.165) is 24.8 Å². The fourth-order valence-corrected chi connectivity index (χ4v) is 3.40. The van der Waals surface area contributed by atoms with Gasteiger partial charge in [-0.25, -0.2) is 0 Å². The van der Waals surface area contributed by atoms with E-state index in [9.17, 15) is 4.79 Å². The van der Waals surface area contributed by atoms with E-state index in [4.69, 9.17) is 16.3 Å². The van der Waals surface area contributed by atoms with Crippen LogP contribution in [-0.2, 0) is 17.6 Å². The molecule has 0 fully saturated rings. The predicted molar refractivity (Wildman–Crippen MR) is 92.0 cm³/mol. The van der Waals surface area contributed by atoms with Gasteiger partial charge >= 0.3 is 0 Å². The zero-order valence-corrected chi connectivity index (χ0v) is 13.9. The lowest BCUT2D eigenvalue weighted by Crippen LogP contribution is -2.32. The molecule has 1 atom stereocenters. The van der Waals surface area contributed by atoms with Gasteiger partial charge in [-0.05, 0) is 48.6 Å². The Labute approximate surface area is 141 Å². The van der Waals surface area contributed by atoms with Gasteiger partial charge in [0.05, 0.1) is 19.6 Å². The molecule has 3 nitrogen and oxygen atoms in total. The van der Waals surface area contributed by atoms with E-state index in [1.54, 1.807) is 25.3 Å². The minimum atomic E-state index is -0.00716. The van der Waals surface area contributed by atoms with Crippen LogP contribution in [0.4, 0.5) is 0 Å². The summed E-state index contributed by atoms with van der Waals surface area (Å²) in [6.07, 6.45) is 3.44. The van der Waals surface area contributed by atoms with Crippen molar-refractivity contribution in [2.45, 2.75) is 31.7 Å². The van der Waals surface area contributed by atoms with Crippen LogP contribution in [0, 0.1) is 0 Å². The van der Waals surface area contributed by atoms with Crippen molar-refractivity contribution < 1.29 is 9.53 Å². The van der Waals surface area contributed by atoms with Crippen molar-refractivity contribution in [3.63, 3.8) is 0 Å². The highest BCUT2D eigenvalue weighted by molar-refractivity contribution is 6.30. The summed E-state index contributed by atoms with van der Waals surface area (Å²) in [5, 5.41) is 3.76. The number of carbonyl (C=O) groups is 1. The summed E-state index contributed by atoms with van der Waals surface area (Å²) in [7, 11) is 1.60. The molecule has 1 aliphatic rings. The first-order chi connectivity index (χ1) is 11.2. The second-order valence-electron chi connectivity index (χ2n) is 5.84. The number of benzene rings is 2. The first-order valence-corrected chi connectivity index (χ1v) is 8.25. The van der Waals surface area contributed by atoms with Crippen molar-refractivity contribution in [3.8, 4) is 5.75 Å². The third-order valence-electron chi connectivity index (χ3n) is 4.30. The minimum Gasteiger partial charge on any atom is -0.496 e. The third kappa shape index (κ3) is 3.67. The van der Waals surface area contributed by atoms with Gasteiger partial charge in [-0.1, -0.05) is 35.9 Å². The molecule has 0 aromatic heterocycles. The Bertz CT molecular complexity index is 714. The van der Waals surface area contributed by atoms with E-state index in [1.807, 2.05) is 6.07 Å². The molecule has 2 aromatic carbocycles. The fourth-order valence-electron chi connectivity index (χ4n) is 3.21. The summed E-state index contributed by atoms with van der Waals surface area (Å²) >= 11 is 6.03. The highest BCUT2D eigenvalue weighted by Crippen LogP contribution is 2.30. The van der Waals surface area contributed by atoms with Gasteiger partial charge in [-0.3, -0.25) is 4.79 Å². The zero-order chi connectivity index (χ0) is 16.2. The van der Waals surface area contributed by atoms with Crippen LogP contribution < -0.4 is 10.1 Å². The van der Waals surface area contributed by atoms with Crippen LogP contribution in [0.2, 0.25) is 5.02 Å². The fraction of sp³-hybridized carbons (Fsp3) is 0.316. The molecule has 0 heterocycles. The van der Waals surface area contributed by atoms with Gasteiger partial charge in [-0.2, -0.15) is 0 Å². The number of nitrogens with one attached hydrogen (secondary N) is 1. The minimum absolute atomic E-state index is 0.00716. The first kappa shape index (κ1) is 15.9. The molecule has 0 saturated heterocycles. The van der Waals surface area contributed by atoms with Gasteiger partial charge < -0.3 is 10.1 Å². The molecular weight excluding hydrogens is 310 g/mol. The largest absolute Gasteiger partial charge is 0.496 e. The number of carbonyl (C=O) groups excluding carboxylic acids is 1. The molecule has 1 N–H and O–H groups in total. The van der Waals surface area contributed by atoms with Gasteiger partial charge in [0.2, 0.25) is 5.91 Å². The summed E-state index contributed by atoms with van der Waals surface area (Å²) in [4.78, 5) is 12.5. The van der Waals surface area contributed by atoms with E-state index < -0.39 is 0 Å². The monoisotopic (exact) mass is 329 g/mol. The molecule has 1 aliphatic carbocycles. The lowest BCUT2D eigenvalue weighted by Gasteiger charge is -2.26. The standard InChI is InChI=1S/C19H20ClNO2/c1-23-18-10-9-15(20)11-14(18)12-19(22)21-17-8-4-6-13-5-2-3-7-16(13)17/h2-3,5,7,9-11,17H,4,6,8,12H2,1H3,(H,21,22)/t17-/m0/s1. The molecule has 4 heteroatoms. The zero-order valence-electron chi connectivity index (χ0n) is 13.1. The van der Waals surface area contributed by atoms with Crippen LogP contribution >= 0.6 is 11.6 Å². The van der Waals surface area contributed by atoms with Crippen LogP contribution in [-0.4, -0.2) is 13.0 Å². The topological polar surface area (TPSA) is 38.3 Å². The Morgan fingerprint density at radius 3 is 2.96 bits per heavy atom. The van der Waals surface area contributed by atoms with Crippen LogP contribution in [0.25, 0.3) is 0 Å². The first-order valence-electron chi connectivity index (χ1n) is 7.87. The number of methoxy groups -OCH3 is 1. The molecule has 23 heavy (non-hydrogen) atoms. The van der Waals surface area contributed by atoms with E-state index in [1.165, 1.54) is 11.1 Å². The Morgan fingerprint density at radius 1 is 1.30 bits per heavy atom. The molecule has 0 spiro atoms. The van der Waals surface area contributed by atoms with Crippen molar-refractivity contribution in [2.24, 2.45) is 0 Å². The average molecular weight is 330 g/mol. The van der Waals surface area contributed by atoms with Crippen LogP contribution in [0.15, 0.2) is 42.5 Å². The van der Waals surface area contributed by atoms with Gasteiger partial charge in [0.25, 0.3) is 0 Å². The van der Waals surface area contributed by atoms with E-state index in [0.29, 0.717) is 10.8 Å². The Morgan fingerprint density at radius 2 is 2.13 bits per heavy atom. The highest BCUT2D eigenvalue weighted by Gasteiger charge is 2.21. The maximum absolute atomic E-state index is 12.5. The smallest absolute Gasteiger partial charge is 0.225 e. The van der Waals surface area contributed by atoms with E-state index in [2.05, 4.69) is 23.5 Å². The molecule has 0 aliphatic heterocycles. The summed E-state index contributed by atoms with van der Waals surface area (Å²) < 4.78 is 5.31. The van der Waals surface area contributed by atoms with Crippen molar-refractivity contribution in [2.75, 3.05) is 7.11 Å². The average Bonchev–Trinajstić information content (AvgIpc) is 2.55. The highest BCUT2D eigenvalue weighted by atomic mass is 35.5. The van der Waals surface area contributed by atoms with Crippen molar-refractivity contribution in [3.05, 3.63) is 64.2 Å². The Hall–Kier alpha value is -2.00. The molecule has 1 amide bonds. The van der Waals surface area contributed by atoms with Gasteiger partial charge in [-0.15, -0.1) is 0 Å². The number of rotatable bonds is 4. The number of hydrogen-bond donors (Lipinski definition) is 1. The normalized spacial score (nSPS) is 16.5. The van der Waals surface area contributed by atoms with Crippen LogP contribution in [0.5, 0.6) is 5.75 Å². The lowest BCUT2D eigenvalue weighted by atomic mass is 9.87. The van der Waals surface area contributed by atoms with Gasteiger partial charge in [0, 0.05) is 10.6 Å². The van der Waals surface area contributed by atoms with Crippen molar-refractivity contribution in [1.29, 1.82) is 0 Å². The Balaban J connectivity index is 1.73. The quantitative estimate of drug-likeness (QED) is 0.917. The molecule has 0 radical (unpaired) electrons. The molecular formula is C19H20ClNO2. The number of fused-ring (bicyclic) bond motifs is 1. The summed E-state index contributed by atoms with van der Waals surface area (Å²) in [6, 6.07) is 13.8. The van der Waals surface area contributed by atoms with Gasteiger partial charge in [0.15, 0.2) is 0 Å². The second kappa shape index (κ2) is 7.05. The molecule has 2 aromatic rings. The summed E-state index contributed by atoms with van der Waals surface area (Å²) in [6.45, 7) is 0. The van der Waals surface area contributed by atoms with Crippen molar-refractivity contribution >= 4 is 17.5 Å². The van der Waals surface area contributed by atoms with Crippen LogP contribution in [0.3, 0.4) is 0 Å². The van der Waals surface area contributed by atoms with E-state index in [-0.39, 0.29) is 18.4 Å². The maximum Gasteiger partial charge on any atom is 0.225 e. The number of aryl methyl sites for hydroxylation is 1. The summed E-state index contributed by atoms with van der Waals surface area (Å²) in [5.41, 5.74) is 3.39. The Kier molecular flexibility index (Phi) is 4.87. The lowest BCUT2D eigenvalue weighted by molar-refractivity contribution is -0.121. The van der Waals surface area contributed by atoms with Crippen molar-refractivity contribution in [1.82, 2.24) is 5.32 Å². The van der Waals surface area contributed by atoms with Crippen LogP contribution in [0.1, 0.15) is 35.6 Å². The maximum atomic E-state index is 12.5. The van der Waals surface area contributed by atoms with E-state index >= 15 is 0 Å². The number of ether oxygens (including phenoxy) is 1. The predicted octanol–water partition coefficient (Wildman–Crippen LogP) is 4.08. The number of hydrogen-bond acceptors (Lipinski definition) is 2. The summed E-state index contributed by atoms with van der Waals surface area (Å²) in [5.74, 6) is 0.681. The molecule has 0 bridgehead atoms. The molecule has 0 saturated carbocycles.